The third-order valence-electron chi connectivity index (χ3n) is 9.65. The lowest BCUT2D eigenvalue weighted by atomic mass is 10.0. The first kappa shape index (κ1) is 32.0. The fraction of sp³-hybridized carbons (Fsp3) is 0. The van der Waals surface area contributed by atoms with Crippen molar-refractivity contribution < 1.29 is 4.42 Å². The largest absolute Gasteiger partial charge is 0.452 e. The van der Waals surface area contributed by atoms with Gasteiger partial charge in [-0.3, -0.25) is 4.98 Å². The van der Waals surface area contributed by atoms with Gasteiger partial charge in [0.05, 0.1) is 0 Å². The number of rotatable bonds is 7. The van der Waals surface area contributed by atoms with Gasteiger partial charge in [0, 0.05) is 45.6 Å². The van der Waals surface area contributed by atoms with Gasteiger partial charge in [0.25, 0.3) is 0 Å². The normalized spacial score (nSPS) is 11.3. The summed E-state index contributed by atoms with van der Waals surface area (Å²) in [6, 6.07) is 57.2. The van der Waals surface area contributed by atoms with Crippen molar-refractivity contribution in [2.45, 2.75) is 0 Å². The van der Waals surface area contributed by atoms with E-state index in [1.807, 2.05) is 109 Å². The molecule has 4 aromatic heterocycles. The van der Waals surface area contributed by atoms with E-state index in [0.29, 0.717) is 28.9 Å². The second-order valence-electron chi connectivity index (χ2n) is 13.2. The molecule has 258 valence electrons. The molecule has 10 aromatic rings. The number of para-hydroxylation sites is 1. The summed E-state index contributed by atoms with van der Waals surface area (Å²) in [5.41, 5.74) is 11.7. The molecule has 0 atom stereocenters. The summed E-state index contributed by atoms with van der Waals surface area (Å²) < 4.78 is 6.43. The lowest BCUT2D eigenvalue weighted by molar-refractivity contribution is 0.667. The van der Waals surface area contributed by atoms with Gasteiger partial charge in [0.15, 0.2) is 28.9 Å². The lowest BCUT2D eigenvalue weighted by Crippen LogP contribution is -2.00. The van der Waals surface area contributed by atoms with Gasteiger partial charge in [-0.05, 0) is 58.7 Å². The average Bonchev–Trinajstić information content (AvgIpc) is 3.66. The highest BCUT2D eigenvalue weighted by Gasteiger charge is 2.19. The fourth-order valence-corrected chi connectivity index (χ4v) is 6.89. The zero-order valence-corrected chi connectivity index (χ0v) is 29.4. The summed E-state index contributed by atoms with van der Waals surface area (Å²) >= 11 is 0. The van der Waals surface area contributed by atoms with Gasteiger partial charge in [-0.1, -0.05) is 133 Å². The number of hydrogen-bond acceptors (Lipinski definition) is 7. The van der Waals surface area contributed by atoms with Gasteiger partial charge < -0.3 is 4.42 Å². The molecule has 0 bridgehead atoms. The molecule has 0 fully saturated rings. The van der Waals surface area contributed by atoms with Gasteiger partial charge in [-0.15, -0.1) is 0 Å². The molecule has 0 spiro atoms. The molecular formula is C48H30N6O. The van der Waals surface area contributed by atoms with Crippen LogP contribution in [-0.4, -0.2) is 29.9 Å². The molecule has 55 heavy (non-hydrogen) atoms. The number of pyridine rings is 1. The van der Waals surface area contributed by atoms with Crippen LogP contribution in [0.4, 0.5) is 0 Å². The summed E-state index contributed by atoms with van der Waals surface area (Å²) in [6.45, 7) is 0. The topological polar surface area (TPSA) is 90.5 Å². The Morgan fingerprint density at radius 1 is 0.345 bits per heavy atom. The second-order valence-corrected chi connectivity index (χ2v) is 13.2. The Balaban J connectivity index is 1.08. The zero-order valence-electron chi connectivity index (χ0n) is 29.4. The summed E-state index contributed by atoms with van der Waals surface area (Å²) in [5, 5.41) is 0.940. The Kier molecular flexibility index (Phi) is 8.00. The minimum absolute atomic E-state index is 0.547. The Hall–Kier alpha value is -7.64. The number of furan rings is 1. The van der Waals surface area contributed by atoms with Crippen LogP contribution in [0, 0.1) is 0 Å². The van der Waals surface area contributed by atoms with Crippen LogP contribution in [0.15, 0.2) is 187 Å². The van der Waals surface area contributed by atoms with E-state index in [2.05, 4.69) is 65.6 Å². The molecule has 6 aromatic carbocycles. The first-order valence-electron chi connectivity index (χ1n) is 18.0. The molecule has 0 aliphatic carbocycles. The molecule has 0 radical (unpaired) electrons. The van der Waals surface area contributed by atoms with E-state index in [-0.39, 0.29) is 0 Å². The number of benzene rings is 6. The third-order valence-corrected chi connectivity index (χ3v) is 9.65. The van der Waals surface area contributed by atoms with E-state index in [9.17, 15) is 0 Å². The Bertz CT molecular complexity index is 2970. The maximum absolute atomic E-state index is 6.43. The lowest BCUT2D eigenvalue weighted by Gasteiger charge is -2.10. The van der Waals surface area contributed by atoms with Crippen LogP contribution in [0.1, 0.15) is 0 Å². The van der Waals surface area contributed by atoms with E-state index in [0.717, 1.165) is 72.3 Å². The fourth-order valence-electron chi connectivity index (χ4n) is 6.89. The van der Waals surface area contributed by atoms with Crippen LogP contribution in [0.5, 0.6) is 0 Å². The van der Waals surface area contributed by atoms with Crippen molar-refractivity contribution in [3.8, 4) is 79.1 Å². The molecule has 0 aliphatic heterocycles. The molecule has 0 saturated heterocycles. The molecule has 0 N–H and O–H groups in total. The monoisotopic (exact) mass is 706 g/mol. The molecule has 0 saturated carbocycles. The molecular weight excluding hydrogens is 677 g/mol. The Morgan fingerprint density at radius 3 is 1.51 bits per heavy atom. The van der Waals surface area contributed by atoms with Gasteiger partial charge >= 0.3 is 0 Å². The number of fused-ring (bicyclic) bond motifs is 3. The van der Waals surface area contributed by atoms with Crippen LogP contribution in [0.2, 0.25) is 0 Å². The van der Waals surface area contributed by atoms with E-state index in [1.54, 1.807) is 12.4 Å². The quantitative estimate of drug-likeness (QED) is 0.163. The summed E-state index contributed by atoms with van der Waals surface area (Å²) in [5.74, 6) is 2.27. The average molecular weight is 707 g/mol. The molecule has 0 unspecified atom stereocenters. The van der Waals surface area contributed by atoms with E-state index in [1.165, 1.54) is 0 Å². The van der Waals surface area contributed by atoms with Crippen molar-refractivity contribution in [3.63, 3.8) is 0 Å². The summed E-state index contributed by atoms with van der Waals surface area (Å²) in [7, 11) is 0. The zero-order chi connectivity index (χ0) is 36.6. The first-order chi connectivity index (χ1) is 27.2. The molecule has 0 aliphatic rings. The second kappa shape index (κ2) is 13.7. The van der Waals surface area contributed by atoms with E-state index in [4.69, 9.17) is 29.3 Å². The molecule has 0 amide bonds. The predicted molar refractivity (Wildman–Crippen MR) is 219 cm³/mol. The number of hydrogen-bond donors (Lipinski definition) is 0. The summed E-state index contributed by atoms with van der Waals surface area (Å²) in [4.78, 5) is 29.4. The standard InChI is InChI=1S/C48H30N6O/c1-3-12-31(13-4-1)35-16-9-18-37(28-35)42-44-43(40-21-7-8-22-41(40)55-44)51-45(50-42)33-23-25-34(26-24-33)46-52-47(54-48(53-46)39-20-11-27-49-30-39)38-19-10-17-36(29-38)32-14-5-2-6-15-32/h1-30H. The van der Waals surface area contributed by atoms with Crippen LogP contribution in [0.3, 0.4) is 0 Å². The highest BCUT2D eigenvalue weighted by molar-refractivity contribution is 6.07. The number of nitrogens with zero attached hydrogens (tertiary/aromatic N) is 6. The molecule has 7 nitrogen and oxygen atoms in total. The van der Waals surface area contributed by atoms with Crippen LogP contribution in [0.25, 0.3) is 101 Å². The maximum Gasteiger partial charge on any atom is 0.180 e. The highest BCUT2D eigenvalue weighted by atomic mass is 16.3. The van der Waals surface area contributed by atoms with Crippen molar-refractivity contribution >= 4 is 22.1 Å². The van der Waals surface area contributed by atoms with Crippen LogP contribution >= 0.6 is 0 Å². The van der Waals surface area contributed by atoms with Crippen LogP contribution in [-0.2, 0) is 0 Å². The summed E-state index contributed by atoms with van der Waals surface area (Å²) in [6.07, 6.45) is 3.51. The minimum atomic E-state index is 0.547. The predicted octanol–water partition coefficient (Wildman–Crippen LogP) is 11.6. The van der Waals surface area contributed by atoms with Gasteiger partial charge in [-0.25, -0.2) is 24.9 Å². The third kappa shape index (κ3) is 6.19. The number of aromatic nitrogens is 6. The van der Waals surface area contributed by atoms with Crippen molar-refractivity contribution in [2.24, 2.45) is 0 Å². The van der Waals surface area contributed by atoms with Crippen molar-refractivity contribution in [1.82, 2.24) is 29.9 Å². The van der Waals surface area contributed by atoms with E-state index >= 15 is 0 Å². The maximum atomic E-state index is 6.43. The molecule has 7 heteroatoms. The molecule has 4 heterocycles. The SMILES string of the molecule is c1ccc(-c2cccc(-c3nc(-c4ccc(-c5nc(-c6cccc(-c7ccccc7)c6)c6oc7ccccc7c6n5)cc4)nc(-c4cccnc4)n3)c2)cc1. The Labute approximate surface area is 316 Å². The van der Waals surface area contributed by atoms with Crippen molar-refractivity contribution in [3.05, 3.63) is 182 Å². The highest BCUT2D eigenvalue weighted by Crippen LogP contribution is 2.37. The van der Waals surface area contributed by atoms with Gasteiger partial charge in [0.2, 0.25) is 0 Å². The first-order valence-corrected chi connectivity index (χ1v) is 18.0. The van der Waals surface area contributed by atoms with Crippen molar-refractivity contribution in [2.75, 3.05) is 0 Å². The van der Waals surface area contributed by atoms with Crippen LogP contribution < -0.4 is 0 Å². The van der Waals surface area contributed by atoms with Gasteiger partial charge in [-0.2, -0.15) is 0 Å². The van der Waals surface area contributed by atoms with Crippen molar-refractivity contribution in [1.29, 1.82) is 0 Å². The smallest absolute Gasteiger partial charge is 0.180 e. The Morgan fingerprint density at radius 2 is 0.855 bits per heavy atom. The molecule has 10 rings (SSSR count). The van der Waals surface area contributed by atoms with E-state index < -0.39 is 0 Å². The van der Waals surface area contributed by atoms with Gasteiger partial charge in [0.1, 0.15) is 16.8 Å². The minimum Gasteiger partial charge on any atom is -0.452 e.